The molecule has 1 aromatic carbocycles. The third-order valence-corrected chi connectivity index (χ3v) is 8.49. The van der Waals surface area contributed by atoms with Gasteiger partial charge < -0.3 is 10.1 Å². The van der Waals surface area contributed by atoms with Crippen LogP contribution in [-0.4, -0.2) is 68.6 Å². The van der Waals surface area contributed by atoms with E-state index in [9.17, 15) is 17.6 Å². The average molecular weight is 470 g/mol. The molecule has 0 radical (unpaired) electrons. The summed E-state index contributed by atoms with van der Waals surface area (Å²) in [6.45, 7) is 5.20. The van der Waals surface area contributed by atoms with Crippen LogP contribution in [0.1, 0.15) is 51.0 Å². The number of hydrogen-bond acceptors (Lipinski definition) is 5. The fourth-order valence-corrected chi connectivity index (χ4v) is 6.15. The molecule has 0 aliphatic carbocycles. The fraction of sp³-hybridized carbons (Fsp3) is 0.696. The summed E-state index contributed by atoms with van der Waals surface area (Å²) in [5.74, 6) is 0.0254. The van der Waals surface area contributed by atoms with Gasteiger partial charge in [-0.2, -0.15) is 0 Å². The number of carbonyl (C=O) groups is 1. The van der Waals surface area contributed by atoms with Gasteiger partial charge in [-0.05, 0) is 49.8 Å². The SMILES string of the molecule is CCCCS(=O)(=O)N1CCC(C(=O)NC2CCN(Cc3ccc(OC)c(F)c3)CC2)CC1. The van der Waals surface area contributed by atoms with Crippen molar-refractivity contribution in [1.29, 1.82) is 0 Å². The van der Waals surface area contributed by atoms with Gasteiger partial charge in [-0.1, -0.05) is 19.4 Å². The normalized spacial score (nSPS) is 19.7. The summed E-state index contributed by atoms with van der Waals surface area (Å²) in [5, 5.41) is 3.17. The Hall–Kier alpha value is -1.71. The minimum absolute atomic E-state index is 0.0475. The van der Waals surface area contributed by atoms with Gasteiger partial charge >= 0.3 is 0 Å². The molecule has 7 nitrogen and oxygen atoms in total. The summed E-state index contributed by atoms with van der Waals surface area (Å²) < 4.78 is 45.1. The summed E-state index contributed by atoms with van der Waals surface area (Å²) >= 11 is 0. The van der Waals surface area contributed by atoms with Crippen LogP contribution in [0, 0.1) is 11.7 Å². The van der Waals surface area contributed by atoms with E-state index in [-0.39, 0.29) is 35.2 Å². The number of unbranched alkanes of at least 4 members (excludes halogenated alkanes) is 1. The number of methoxy groups -OCH3 is 1. The Bertz CT molecular complexity index is 864. The molecule has 1 N–H and O–H groups in total. The first kappa shape index (κ1) is 24.9. The quantitative estimate of drug-likeness (QED) is 0.602. The molecule has 0 aromatic heterocycles. The molecule has 2 aliphatic rings. The van der Waals surface area contributed by atoms with Gasteiger partial charge in [-0.25, -0.2) is 17.1 Å². The molecule has 2 heterocycles. The van der Waals surface area contributed by atoms with E-state index in [2.05, 4.69) is 10.2 Å². The van der Waals surface area contributed by atoms with Gasteiger partial charge in [0, 0.05) is 44.7 Å². The van der Waals surface area contributed by atoms with E-state index in [1.807, 2.05) is 13.0 Å². The van der Waals surface area contributed by atoms with Gasteiger partial charge in [-0.15, -0.1) is 0 Å². The van der Waals surface area contributed by atoms with Crippen LogP contribution in [0.15, 0.2) is 18.2 Å². The van der Waals surface area contributed by atoms with Crippen LogP contribution in [0.5, 0.6) is 5.75 Å². The predicted molar refractivity (Wildman–Crippen MR) is 122 cm³/mol. The number of carbonyl (C=O) groups excluding carboxylic acids is 1. The zero-order valence-electron chi connectivity index (χ0n) is 19.2. The molecule has 180 valence electrons. The zero-order chi connectivity index (χ0) is 23.1. The maximum absolute atomic E-state index is 13.9. The van der Waals surface area contributed by atoms with E-state index in [4.69, 9.17) is 4.74 Å². The molecule has 0 spiro atoms. The van der Waals surface area contributed by atoms with Crippen molar-refractivity contribution < 1.29 is 22.3 Å². The Kier molecular flexibility index (Phi) is 8.90. The van der Waals surface area contributed by atoms with E-state index in [1.165, 1.54) is 13.2 Å². The largest absolute Gasteiger partial charge is 0.494 e. The van der Waals surface area contributed by atoms with Crippen LogP contribution in [0.25, 0.3) is 0 Å². The number of ether oxygens (including phenoxy) is 1. The number of nitrogens with zero attached hydrogens (tertiary/aromatic N) is 2. The second kappa shape index (κ2) is 11.4. The highest BCUT2D eigenvalue weighted by molar-refractivity contribution is 7.89. The standard InChI is InChI=1S/C23H36FN3O4S/c1-3-4-15-32(29,30)27-13-7-19(8-14-27)23(28)25-20-9-11-26(12-10-20)17-18-5-6-22(31-2)21(24)16-18/h5-6,16,19-20H,3-4,7-15,17H2,1-2H3,(H,25,28). The lowest BCUT2D eigenvalue weighted by atomic mass is 9.95. The molecule has 2 saturated heterocycles. The fourth-order valence-electron chi connectivity index (χ4n) is 4.47. The van der Waals surface area contributed by atoms with Crippen LogP contribution in [0.2, 0.25) is 0 Å². The second-order valence-corrected chi connectivity index (χ2v) is 11.0. The zero-order valence-corrected chi connectivity index (χ0v) is 20.0. The topological polar surface area (TPSA) is 79.0 Å². The molecule has 1 aromatic rings. The smallest absolute Gasteiger partial charge is 0.223 e. The number of likely N-dealkylation sites (tertiary alicyclic amines) is 1. The third-order valence-electron chi connectivity index (χ3n) is 6.53. The van der Waals surface area contributed by atoms with Crippen molar-refractivity contribution in [3.63, 3.8) is 0 Å². The molecule has 32 heavy (non-hydrogen) atoms. The first-order valence-electron chi connectivity index (χ1n) is 11.7. The lowest BCUT2D eigenvalue weighted by molar-refractivity contribution is -0.127. The van der Waals surface area contributed by atoms with E-state index < -0.39 is 10.0 Å². The number of hydrogen-bond donors (Lipinski definition) is 1. The van der Waals surface area contributed by atoms with Crippen molar-refractivity contribution in [1.82, 2.24) is 14.5 Å². The number of piperidine rings is 2. The minimum Gasteiger partial charge on any atom is -0.494 e. The third kappa shape index (κ3) is 6.65. The molecule has 2 fully saturated rings. The van der Waals surface area contributed by atoms with Crippen molar-refractivity contribution in [3.05, 3.63) is 29.6 Å². The number of nitrogens with one attached hydrogen (secondary N) is 1. The Labute approximate surface area is 191 Å². The monoisotopic (exact) mass is 469 g/mol. The van der Waals surface area contributed by atoms with Gasteiger partial charge in [0.1, 0.15) is 0 Å². The Balaban J connectivity index is 1.40. The molecule has 1 amide bonds. The predicted octanol–water partition coefficient (Wildman–Crippen LogP) is 2.76. The van der Waals surface area contributed by atoms with Crippen molar-refractivity contribution in [3.8, 4) is 5.75 Å². The lowest BCUT2D eigenvalue weighted by Crippen LogP contribution is -2.48. The van der Waals surface area contributed by atoms with Gasteiger partial charge in [0.25, 0.3) is 0 Å². The van der Waals surface area contributed by atoms with Gasteiger partial charge in [0.15, 0.2) is 11.6 Å². The molecule has 0 unspecified atom stereocenters. The van der Waals surface area contributed by atoms with Crippen molar-refractivity contribution in [2.45, 2.75) is 58.0 Å². The first-order chi connectivity index (χ1) is 15.3. The van der Waals surface area contributed by atoms with Gasteiger partial charge in [0.2, 0.25) is 15.9 Å². The average Bonchev–Trinajstić information content (AvgIpc) is 2.79. The summed E-state index contributed by atoms with van der Waals surface area (Å²) in [4.78, 5) is 15.0. The highest BCUT2D eigenvalue weighted by Gasteiger charge is 2.32. The van der Waals surface area contributed by atoms with Crippen molar-refractivity contribution >= 4 is 15.9 Å². The Morgan fingerprint density at radius 1 is 1.16 bits per heavy atom. The molecule has 0 bridgehead atoms. The molecular formula is C23H36FN3O4S. The second-order valence-electron chi connectivity index (χ2n) is 8.87. The number of sulfonamides is 1. The van der Waals surface area contributed by atoms with E-state index in [1.54, 1.807) is 10.4 Å². The summed E-state index contributed by atoms with van der Waals surface area (Å²) in [6, 6.07) is 5.18. The molecular weight excluding hydrogens is 433 g/mol. The van der Waals surface area contributed by atoms with Crippen LogP contribution < -0.4 is 10.1 Å². The lowest BCUT2D eigenvalue weighted by Gasteiger charge is -2.34. The van der Waals surface area contributed by atoms with Crippen LogP contribution in [0.3, 0.4) is 0 Å². The molecule has 2 aliphatic heterocycles. The van der Waals surface area contributed by atoms with E-state index in [0.717, 1.165) is 37.9 Å². The molecule has 3 rings (SSSR count). The van der Waals surface area contributed by atoms with E-state index >= 15 is 0 Å². The molecule has 0 saturated carbocycles. The highest BCUT2D eigenvalue weighted by atomic mass is 32.2. The molecule has 9 heteroatoms. The minimum atomic E-state index is -3.19. The van der Waals surface area contributed by atoms with Crippen LogP contribution in [-0.2, 0) is 21.4 Å². The maximum Gasteiger partial charge on any atom is 0.223 e. The maximum atomic E-state index is 13.9. The Morgan fingerprint density at radius 3 is 2.44 bits per heavy atom. The summed E-state index contributed by atoms with van der Waals surface area (Å²) in [5.41, 5.74) is 0.909. The van der Waals surface area contributed by atoms with Gasteiger partial charge in [-0.3, -0.25) is 9.69 Å². The molecule has 0 atom stereocenters. The number of benzene rings is 1. The van der Waals surface area contributed by atoms with E-state index in [0.29, 0.717) is 38.9 Å². The number of halogens is 1. The Morgan fingerprint density at radius 2 is 1.84 bits per heavy atom. The summed E-state index contributed by atoms with van der Waals surface area (Å²) in [6.07, 6.45) is 4.41. The van der Waals surface area contributed by atoms with Gasteiger partial charge in [0.05, 0.1) is 12.9 Å². The van der Waals surface area contributed by atoms with Crippen LogP contribution >= 0.6 is 0 Å². The van der Waals surface area contributed by atoms with Crippen LogP contribution in [0.4, 0.5) is 4.39 Å². The first-order valence-corrected chi connectivity index (χ1v) is 13.3. The van der Waals surface area contributed by atoms with Crippen molar-refractivity contribution in [2.75, 3.05) is 39.0 Å². The highest BCUT2D eigenvalue weighted by Crippen LogP contribution is 2.23. The number of rotatable bonds is 9. The summed E-state index contributed by atoms with van der Waals surface area (Å²) in [7, 11) is -1.74. The van der Waals surface area contributed by atoms with Crippen molar-refractivity contribution in [2.24, 2.45) is 5.92 Å². The number of amides is 1.